The number of fused-ring (bicyclic) bond motifs is 1. The monoisotopic (exact) mass is 324 g/mol. The molecular formula is C16H9FN4O3. The van der Waals surface area contributed by atoms with Crippen molar-refractivity contribution < 1.29 is 9.31 Å². The van der Waals surface area contributed by atoms with E-state index in [-0.39, 0.29) is 33.5 Å². The predicted molar refractivity (Wildman–Crippen MR) is 85.3 cm³/mol. The average Bonchev–Trinajstić information content (AvgIpc) is 2.56. The van der Waals surface area contributed by atoms with Gasteiger partial charge in [-0.1, -0.05) is 12.1 Å². The minimum atomic E-state index is -0.740. The van der Waals surface area contributed by atoms with Crippen LogP contribution in [0.15, 0.2) is 47.3 Å². The number of anilines is 1. The Morgan fingerprint density at radius 1 is 1.21 bits per heavy atom. The van der Waals surface area contributed by atoms with Gasteiger partial charge < -0.3 is 5.73 Å². The number of hydrogen-bond donors (Lipinski definition) is 1. The van der Waals surface area contributed by atoms with Crippen molar-refractivity contribution in [1.82, 2.24) is 4.57 Å². The topological polar surface area (TPSA) is 115 Å². The van der Waals surface area contributed by atoms with E-state index in [4.69, 9.17) is 5.73 Å². The third-order valence-electron chi connectivity index (χ3n) is 3.62. The summed E-state index contributed by atoms with van der Waals surface area (Å²) in [5, 5.41) is 20.4. The summed E-state index contributed by atoms with van der Waals surface area (Å²) >= 11 is 0. The Bertz CT molecular complexity index is 1100. The first-order valence-electron chi connectivity index (χ1n) is 6.73. The zero-order chi connectivity index (χ0) is 17.4. The van der Waals surface area contributed by atoms with E-state index in [2.05, 4.69) is 0 Å². The summed E-state index contributed by atoms with van der Waals surface area (Å²) < 4.78 is 14.9. The largest absolute Gasteiger partial charge is 0.384 e. The molecule has 2 N–H and O–H groups in total. The van der Waals surface area contributed by atoms with E-state index in [0.717, 1.165) is 16.7 Å². The molecule has 8 heteroatoms. The fraction of sp³-hybridized carbons (Fsp3) is 0. The number of nitrogen functional groups attached to an aromatic ring is 1. The van der Waals surface area contributed by atoms with Crippen LogP contribution in [0.25, 0.3) is 16.5 Å². The van der Waals surface area contributed by atoms with E-state index < -0.39 is 16.3 Å². The number of nitrogens with two attached hydrogens (primary N) is 1. The van der Waals surface area contributed by atoms with E-state index in [1.165, 1.54) is 30.3 Å². The van der Waals surface area contributed by atoms with E-state index in [1.807, 2.05) is 6.07 Å². The second kappa shape index (κ2) is 5.48. The number of non-ortho nitro benzene ring substituents is 1. The molecule has 1 aromatic heterocycles. The van der Waals surface area contributed by atoms with Crippen LogP contribution in [0.5, 0.6) is 0 Å². The molecule has 0 saturated carbocycles. The number of pyridine rings is 1. The van der Waals surface area contributed by atoms with Crippen LogP contribution < -0.4 is 11.3 Å². The quantitative estimate of drug-likeness (QED) is 0.574. The fourth-order valence-corrected chi connectivity index (χ4v) is 2.51. The highest BCUT2D eigenvalue weighted by molar-refractivity contribution is 5.92. The molecule has 7 nitrogen and oxygen atoms in total. The summed E-state index contributed by atoms with van der Waals surface area (Å²) in [5.41, 5.74) is 4.66. The maximum atomic E-state index is 14.1. The summed E-state index contributed by atoms with van der Waals surface area (Å²) in [7, 11) is 0. The molecule has 0 aliphatic carbocycles. The standard InChI is InChI=1S/C16H9FN4O3/c17-13-3-1-2-4-14(13)20-15(19)12(8-18)10-6-5-9(21(23)24)7-11(10)16(20)22/h1-7H,19H2. The lowest BCUT2D eigenvalue weighted by Crippen LogP contribution is -2.24. The number of nitro benzene ring substituents is 1. The molecule has 3 rings (SSSR count). The minimum Gasteiger partial charge on any atom is -0.384 e. The fourth-order valence-electron chi connectivity index (χ4n) is 2.51. The van der Waals surface area contributed by atoms with Gasteiger partial charge in [0.1, 0.15) is 23.3 Å². The second-order valence-corrected chi connectivity index (χ2v) is 4.95. The van der Waals surface area contributed by atoms with Crippen molar-refractivity contribution in [3.63, 3.8) is 0 Å². The maximum Gasteiger partial charge on any atom is 0.270 e. The molecule has 0 aliphatic rings. The van der Waals surface area contributed by atoms with Crippen molar-refractivity contribution in [2.75, 3.05) is 5.73 Å². The molecule has 1 heterocycles. The first-order chi connectivity index (χ1) is 11.5. The van der Waals surface area contributed by atoms with E-state index in [1.54, 1.807) is 0 Å². The Balaban J connectivity index is 2.52. The summed E-state index contributed by atoms with van der Waals surface area (Å²) in [6.07, 6.45) is 0. The molecule has 0 spiro atoms. The Hall–Kier alpha value is -3.73. The number of para-hydroxylation sites is 1. The lowest BCUT2D eigenvalue weighted by atomic mass is 10.1. The Morgan fingerprint density at radius 2 is 1.92 bits per heavy atom. The van der Waals surface area contributed by atoms with E-state index in [9.17, 15) is 24.6 Å². The number of aromatic nitrogens is 1. The second-order valence-electron chi connectivity index (χ2n) is 4.95. The van der Waals surface area contributed by atoms with Crippen molar-refractivity contribution in [3.05, 3.63) is 74.3 Å². The first kappa shape index (κ1) is 15.2. The van der Waals surface area contributed by atoms with Crippen LogP contribution in [-0.4, -0.2) is 9.49 Å². The molecule has 24 heavy (non-hydrogen) atoms. The highest BCUT2D eigenvalue weighted by Crippen LogP contribution is 2.27. The summed E-state index contributed by atoms with van der Waals surface area (Å²) in [5.74, 6) is -0.936. The smallest absolute Gasteiger partial charge is 0.270 e. The molecule has 0 radical (unpaired) electrons. The van der Waals surface area contributed by atoms with Crippen molar-refractivity contribution >= 4 is 22.3 Å². The molecule has 3 aromatic rings. The van der Waals surface area contributed by atoms with Gasteiger partial charge in [-0.25, -0.2) is 4.39 Å². The van der Waals surface area contributed by atoms with Crippen LogP contribution in [0.3, 0.4) is 0 Å². The summed E-state index contributed by atoms with van der Waals surface area (Å²) in [4.78, 5) is 23.0. The van der Waals surface area contributed by atoms with E-state index in [0.29, 0.717) is 0 Å². The molecule has 2 aromatic carbocycles. The van der Waals surface area contributed by atoms with Gasteiger partial charge in [0.2, 0.25) is 0 Å². The molecule has 0 atom stereocenters. The number of halogens is 1. The molecule has 0 amide bonds. The summed E-state index contributed by atoms with van der Waals surface area (Å²) in [6, 6.07) is 10.8. The average molecular weight is 324 g/mol. The zero-order valence-electron chi connectivity index (χ0n) is 12.1. The number of nitro groups is 1. The zero-order valence-corrected chi connectivity index (χ0v) is 12.1. The third-order valence-corrected chi connectivity index (χ3v) is 3.62. The van der Waals surface area contributed by atoms with Crippen molar-refractivity contribution in [3.8, 4) is 11.8 Å². The highest BCUT2D eigenvalue weighted by Gasteiger charge is 2.19. The van der Waals surface area contributed by atoms with Gasteiger partial charge in [0, 0.05) is 17.5 Å². The van der Waals surface area contributed by atoms with Gasteiger partial charge in [0.05, 0.1) is 16.0 Å². The molecule has 0 unspecified atom stereocenters. The van der Waals surface area contributed by atoms with Crippen LogP contribution in [0.4, 0.5) is 15.9 Å². The number of rotatable bonds is 2. The number of hydrogen-bond acceptors (Lipinski definition) is 5. The van der Waals surface area contributed by atoms with Gasteiger partial charge >= 0.3 is 0 Å². The Kier molecular flexibility index (Phi) is 3.46. The van der Waals surface area contributed by atoms with Gasteiger partial charge in [-0.3, -0.25) is 19.5 Å². The molecule has 0 saturated heterocycles. The van der Waals surface area contributed by atoms with Gasteiger partial charge in [-0.15, -0.1) is 0 Å². The molecule has 0 aliphatic heterocycles. The van der Waals surface area contributed by atoms with Crippen LogP contribution in [0, 0.1) is 27.3 Å². The van der Waals surface area contributed by atoms with E-state index >= 15 is 0 Å². The number of nitriles is 1. The van der Waals surface area contributed by atoms with Gasteiger partial charge in [0.25, 0.3) is 11.2 Å². The molecule has 0 bridgehead atoms. The SMILES string of the molecule is N#Cc1c(N)n(-c2ccccc2F)c(=O)c2cc([N+](=O)[O-])ccc12. The van der Waals surface area contributed by atoms with Crippen LogP contribution in [0.1, 0.15) is 5.56 Å². The maximum absolute atomic E-state index is 14.1. The third kappa shape index (κ3) is 2.16. The highest BCUT2D eigenvalue weighted by atomic mass is 19.1. The van der Waals surface area contributed by atoms with Gasteiger partial charge in [-0.2, -0.15) is 5.26 Å². The number of nitrogens with zero attached hydrogens (tertiary/aromatic N) is 3. The minimum absolute atomic E-state index is 0.0530. The van der Waals surface area contributed by atoms with Crippen molar-refractivity contribution in [2.24, 2.45) is 0 Å². The van der Waals surface area contributed by atoms with Crippen LogP contribution in [0.2, 0.25) is 0 Å². The van der Waals surface area contributed by atoms with Gasteiger partial charge in [0.15, 0.2) is 0 Å². The first-order valence-corrected chi connectivity index (χ1v) is 6.73. The lowest BCUT2D eigenvalue weighted by molar-refractivity contribution is -0.384. The van der Waals surface area contributed by atoms with Crippen LogP contribution >= 0.6 is 0 Å². The predicted octanol–water partition coefficient (Wildman–Crippen LogP) is 2.49. The van der Waals surface area contributed by atoms with Gasteiger partial charge in [-0.05, 0) is 18.2 Å². The lowest BCUT2D eigenvalue weighted by Gasteiger charge is -2.14. The number of benzene rings is 2. The van der Waals surface area contributed by atoms with Crippen LogP contribution in [-0.2, 0) is 0 Å². The summed E-state index contributed by atoms with van der Waals surface area (Å²) in [6.45, 7) is 0. The Morgan fingerprint density at radius 3 is 2.54 bits per heavy atom. The molecule has 118 valence electrons. The molecule has 0 fully saturated rings. The normalized spacial score (nSPS) is 10.5. The van der Waals surface area contributed by atoms with Crippen molar-refractivity contribution in [1.29, 1.82) is 5.26 Å². The Labute approximate surface area is 134 Å². The molecular weight excluding hydrogens is 315 g/mol. The van der Waals surface area contributed by atoms with Crippen molar-refractivity contribution in [2.45, 2.75) is 0 Å².